The van der Waals surface area contributed by atoms with Crippen molar-refractivity contribution in [3.8, 4) is 11.8 Å². The Morgan fingerprint density at radius 1 is 1.21 bits per heavy atom. The van der Waals surface area contributed by atoms with Crippen LogP contribution >= 0.6 is 0 Å². The molecule has 3 nitrogen and oxygen atoms in total. The maximum absolute atomic E-state index is 8.43. The minimum absolute atomic E-state index is 0.110. The fraction of sp³-hybridized carbons (Fsp3) is 0.562. The number of hydrogen-bond acceptors (Lipinski definition) is 3. The Morgan fingerprint density at radius 3 is 2.63 bits per heavy atom. The average molecular weight is 258 g/mol. The van der Waals surface area contributed by atoms with Gasteiger partial charge in [-0.2, -0.15) is 5.26 Å². The molecule has 1 aliphatic carbocycles. The van der Waals surface area contributed by atoms with E-state index in [0.717, 1.165) is 24.8 Å². The highest BCUT2D eigenvalue weighted by molar-refractivity contribution is 5.27. The molecule has 0 atom stereocenters. The second-order valence-corrected chi connectivity index (χ2v) is 5.21. The van der Waals surface area contributed by atoms with Gasteiger partial charge in [-0.3, -0.25) is 0 Å². The molecule has 1 aliphatic rings. The van der Waals surface area contributed by atoms with Crippen LogP contribution in [0, 0.1) is 17.2 Å². The van der Waals surface area contributed by atoms with E-state index in [1.54, 1.807) is 0 Å². The number of nitriles is 1. The third-order valence-corrected chi connectivity index (χ3v) is 3.76. The van der Waals surface area contributed by atoms with Gasteiger partial charge in [0, 0.05) is 6.54 Å². The molecule has 0 aromatic heterocycles. The van der Waals surface area contributed by atoms with E-state index in [4.69, 9.17) is 10.00 Å². The molecule has 0 radical (unpaired) electrons. The fourth-order valence-electron chi connectivity index (χ4n) is 2.66. The summed E-state index contributed by atoms with van der Waals surface area (Å²) < 4.78 is 5.22. The largest absolute Gasteiger partial charge is 0.479 e. The molecule has 0 amide bonds. The first-order chi connectivity index (χ1) is 9.38. The summed E-state index contributed by atoms with van der Waals surface area (Å²) in [5.41, 5.74) is 1.26. The maximum Gasteiger partial charge on any atom is 0.174 e. The van der Waals surface area contributed by atoms with Crippen molar-refractivity contribution in [1.82, 2.24) is 5.32 Å². The van der Waals surface area contributed by atoms with E-state index in [2.05, 4.69) is 17.4 Å². The van der Waals surface area contributed by atoms with Crippen LogP contribution in [0.15, 0.2) is 24.3 Å². The Hall–Kier alpha value is -1.53. The van der Waals surface area contributed by atoms with E-state index >= 15 is 0 Å². The van der Waals surface area contributed by atoms with Crippen molar-refractivity contribution in [2.45, 2.75) is 38.6 Å². The number of hydrogen-bond donors (Lipinski definition) is 1. The third-order valence-electron chi connectivity index (χ3n) is 3.76. The third kappa shape index (κ3) is 4.92. The van der Waals surface area contributed by atoms with E-state index in [1.807, 2.05) is 18.2 Å². The normalized spacial score (nSPS) is 15.3. The lowest BCUT2D eigenvalue weighted by Crippen LogP contribution is -2.16. The van der Waals surface area contributed by atoms with Gasteiger partial charge in [-0.1, -0.05) is 37.8 Å². The Labute approximate surface area is 115 Å². The lowest BCUT2D eigenvalue weighted by atomic mass is 10.0. The van der Waals surface area contributed by atoms with Gasteiger partial charge < -0.3 is 10.1 Å². The summed E-state index contributed by atoms with van der Waals surface area (Å²) in [4.78, 5) is 0. The first-order valence-corrected chi connectivity index (χ1v) is 7.18. The van der Waals surface area contributed by atoms with Crippen molar-refractivity contribution in [3.05, 3.63) is 29.8 Å². The summed E-state index contributed by atoms with van der Waals surface area (Å²) in [6.07, 6.45) is 7.01. The molecule has 0 spiro atoms. The summed E-state index contributed by atoms with van der Waals surface area (Å²) in [5, 5.41) is 11.9. The zero-order chi connectivity index (χ0) is 13.3. The molecular formula is C16H22N2O. The number of benzene rings is 1. The summed E-state index contributed by atoms with van der Waals surface area (Å²) in [6, 6.07) is 9.91. The van der Waals surface area contributed by atoms with Gasteiger partial charge in [0.1, 0.15) is 11.8 Å². The predicted molar refractivity (Wildman–Crippen MR) is 75.8 cm³/mol. The lowest BCUT2D eigenvalue weighted by Gasteiger charge is -2.10. The standard InChI is InChI=1S/C16H22N2O/c17-10-12-19-16-7-5-15(6-8-16)13-18-11-9-14-3-1-2-4-14/h5-8,14,18H,1-4,9,11-13H2. The van der Waals surface area contributed by atoms with Crippen molar-refractivity contribution in [2.24, 2.45) is 5.92 Å². The molecule has 0 unspecified atom stereocenters. The highest BCUT2D eigenvalue weighted by Crippen LogP contribution is 2.26. The van der Waals surface area contributed by atoms with Crippen molar-refractivity contribution < 1.29 is 4.74 Å². The van der Waals surface area contributed by atoms with Crippen LogP contribution in [0.5, 0.6) is 5.75 Å². The van der Waals surface area contributed by atoms with Gasteiger partial charge in [0.05, 0.1) is 0 Å². The van der Waals surface area contributed by atoms with Crippen LogP contribution in [0.4, 0.5) is 0 Å². The smallest absolute Gasteiger partial charge is 0.174 e. The first-order valence-electron chi connectivity index (χ1n) is 7.18. The number of nitrogens with zero attached hydrogens (tertiary/aromatic N) is 1. The second kappa shape index (κ2) is 7.81. The average Bonchev–Trinajstić information content (AvgIpc) is 2.96. The van der Waals surface area contributed by atoms with Gasteiger partial charge in [0.25, 0.3) is 0 Å². The number of ether oxygens (including phenoxy) is 1. The van der Waals surface area contributed by atoms with E-state index in [0.29, 0.717) is 0 Å². The van der Waals surface area contributed by atoms with Crippen LogP contribution < -0.4 is 10.1 Å². The Bertz CT molecular complexity index is 402. The van der Waals surface area contributed by atoms with Gasteiger partial charge in [-0.05, 0) is 36.6 Å². The topological polar surface area (TPSA) is 45.0 Å². The van der Waals surface area contributed by atoms with Gasteiger partial charge in [0.15, 0.2) is 6.61 Å². The van der Waals surface area contributed by atoms with Gasteiger partial charge in [-0.25, -0.2) is 0 Å². The summed E-state index contributed by atoms with van der Waals surface area (Å²) in [5.74, 6) is 1.71. The van der Waals surface area contributed by atoms with E-state index in [-0.39, 0.29) is 6.61 Å². The molecule has 0 heterocycles. The summed E-state index contributed by atoms with van der Waals surface area (Å²) >= 11 is 0. The van der Waals surface area contributed by atoms with Crippen molar-refractivity contribution >= 4 is 0 Å². The number of rotatable bonds is 7. The van der Waals surface area contributed by atoms with Gasteiger partial charge in [-0.15, -0.1) is 0 Å². The molecule has 2 rings (SSSR count). The lowest BCUT2D eigenvalue weighted by molar-refractivity contribution is 0.368. The summed E-state index contributed by atoms with van der Waals surface area (Å²) in [6.45, 7) is 2.13. The van der Waals surface area contributed by atoms with Crippen LogP contribution in [0.2, 0.25) is 0 Å². The van der Waals surface area contributed by atoms with Gasteiger partial charge in [0.2, 0.25) is 0 Å². The molecule has 3 heteroatoms. The molecular weight excluding hydrogens is 236 g/mol. The molecule has 0 saturated heterocycles. The van der Waals surface area contributed by atoms with Gasteiger partial charge >= 0.3 is 0 Å². The van der Waals surface area contributed by atoms with E-state index < -0.39 is 0 Å². The Kier molecular flexibility index (Phi) is 5.71. The van der Waals surface area contributed by atoms with Crippen LogP contribution in [-0.2, 0) is 6.54 Å². The predicted octanol–water partition coefficient (Wildman–Crippen LogP) is 3.26. The van der Waals surface area contributed by atoms with E-state index in [1.165, 1.54) is 37.7 Å². The minimum atomic E-state index is 0.110. The van der Waals surface area contributed by atoms with Crippen molar-refractivity contribution in [3.63, 3.8) is 0 Å². The Balaban J connectivity index is 1.63. The maximum atomic E-state index is 8.43. The Morgan fingerprint density at radius 2 is 1.95 bits per heavy atom. The zero-order valence-electron chi connectivity index (χ0n) is 11.4. The molecule has 1 aromatic rings. The molecule has 1 saturated carbocycles. The van der Waals surface area contributed by atoms with Crippen LogP contribution in [0.1, 0.15) is 37.7 Å². The second-order valence-electron chi connectivity index (χ2n) is 5.21. The zero-order valence-corrected chi connectivity index (χ0v) is 11.4. The highest BCUT2D eigenvalue weighted by Gasteiger charge is 2.13. The fourth-order valence-corrected chi connectivity index (χ4v) is 2.66. The first kappa shape index (κ1) is 13.9. The van der Waals surface area contributed by atoms with Crippen molar-refractivity contribution in [2.75, 3.05) is 13.2 Å². The SMILES string of the molecule is N#CCOc1ccc(CNCCC2CCCC2)cc1. The molecule has 102 valence electrons. The molecule has 0 aliphatic heterocycles. The van der Waals surface area contributed by atoms with E-state index in [9.17, 15) is 0 Å². The minimum Gasteiger partial charge on any atom is -0.479 e. The molecule has 0 bridgehead atoms. The quantitative estimate of drug-likeness (QED) is 0.763. The molecule has 1 fully saturated rings. The molecule has 1 aromatic carbocycles. The molecule has 1 N–H and O–H groups in total. The monoisotopic (exact) mass is 258 g/mol. The van der Waals surface area contributed by atoms with Crippen LogP contribution in [0.25, 0.3) is 0 Å². The van der Waals surface area contributed by atoms with Crippen molar-refractivity contribution in [1.29, 1.82) is 5.26 Å². The van der Waals surface area contributed by atoms with Crippen LogP contribution in [0.3, 0.4) is 0 Å². The summed E-state index contributed by atoms with van der Waals surface area (Å²) in [7, 11) is 0. The highest BCUT2D eigenvalue weighted by atomic mass is 16.5. The molecule has 19 heavy (non-hydrogen) atoms. The number of nitrogens with one attached hydrogen (secondary N) is 1. The van der Waals surface area contributed by atoms with Crippen LogP contribution in [-0.4, -0.2) is 13.2 Å².